The van der Waals surface area contributed by atoms with Crippen molar-refractivity contribution in [1.29, 1.82) is 0 Å². The van der Waals surface area contributed by atoms with Crippen LogP contribution in [0.3, 0.4) is 0 Å². The molecule has 1 saturated heterocycles. The van der Waals surface area contributed by atoms with Crippen molar-refractivity contribution in [1.82, 2.24) is 5.32 Å². The summed E-state index contributed by atoms with van der Waals surface area (Å²) in [7, 11) is 2.76. The Morgan fingerprint density at radius 2 is 1.84 bits per heavy atom. The van der Waals surface area contributed by atoms with Crippen LogP contribution < -0.4 is 5.32 Å². The molecule has 0 aliphatic carbocycles. The molecule has 1 amide bonds. The maximum Gasteiger partial charge on any atom is 0.342 e. The van der Waals surface area contributed by atoms with E-state index >= 15 is 0 Å². The Morgan fingerprint density at radius 3 is 2.42 bits per heavy atom. The summed E-state index contributed by atoms with van der Waals surface area (Å²) in [6, 6.07) is 1.10. The second-order valence-corrected chi connectivity index (χ2v) is 12.5. The van der Waals surface area contributed by atoms with Gasteiger partial charge in [0.05, 0.1) is 24.4 Å². The number of hydrogen-bond donors (Lipinski definition) is 6. The van der Waals surface area contributed by atoms with Gasteiger partial charge in [-0.1, -0.05) is 26.3 Å². The van der Waals surface area contributed by atoms with Gasteiger partial charge in [-0.15, -0.1) is 6.58 Å². The van der Waals surface area contributed by atoms with Gasteiger partial charge < -0.3 is 49.8 Å². The first-order chi connectivity index (χ1) is 20.0. The number of carbonyl (C=O) groups is 2. The highest BCUT2D eigenvalue weighted by atomic mass is 16.6. The molecule has 2 aliphatic rings. The lowest BCUT2D eigenvalue weighted by atomic mass is 9.73. The van der Waals surface area contributed by atoms with Gasteiger partial charge in [0, 0.05) is 50.9 Å². The fraction of sp³-hybridized carbons (Fsp3) is 0.677. The second kappa shape index (κ2) is 13.9. The zero-order valence-corrected chi connectivity index (χ0v) is 26.0. The predicted molar refractivity (Wildman–Crippen MR) is 155 cm³/mol. The quantitative estimate of drug-likeness (QED) is 0.115. The number of cyclic esters (lactones) is 1. The number of phenolic OH excluding ortho intramolecular Hbond substituents is 2. The number of amides is 1. The highest BCUT2D eigenvalue weighted by Gasteiger charge is 2.48. The molecule has 1 aromatic carbocycles. The molecule has 0 bridgehead atoms. The van der Waals surface area contributed by atoms with Crippen LogP contribution in [0.4, 0.5) is 0 Å². The highest BCUT2D eigenvalue weighted by Crippen LogP contribution is 2.42. The lowest BCUT2D eigenvalue weighted by Crippen LogP contribution is -2.59. The Kier molecular flexibility index (Phi) is 11.2. The molecule has 1 aromatic rings. The third kappa shape index (κ3) is 7.50. The standard InChI is InChI=1S/C31H47NO11/c1-14(2)9-22(40-7)27(37)28(38)32-29(41-8)23-13-24(36)31(5,6)25(42-23)12-19(34)16(4)21-10-17-15(3)18(33)11-20(35)26(17)30(39)43-21/h11,16,19,21-25,27,29,33-37H,1,9-10,12-13H2,2-8H3,(H,32,38)/t16?,19?,21?,22?,23?,24-,25-,27+,29+/m1/s1. The van der Waals surface area contributed by atoms with E-state index in [-0.39, 0.29) is 42.7 Å². The van der Waals surface area contributed by atoms with Crippen molar-refractivity contribution >= 4 is 11.9 Å². The van der Waals surface area contributed by atoms with E-state index in [1.165, 1.54) is 14.2 Å². The van der Waals surface area contributed by atoms with E-state index in [0.717, 1.165) is 11.6 Å². The minimum absolute atomic E-state index is 0.00479. The van der Waals surface area contributed by atoms with Crippen LogP contribution in [0.15, 0.2) is 18.2 Å². The average Bonchev–Trinajstić information content (AvgIpc) is 2.94. The predicted octanol–water partition coefficient (Wildman–Crippen LogP) is 1.85. The molecular formula is C31H47NO11. The molecule has 12 nitrogen and oxygen atoms in total. The zero-order chi connectivity index (χ0) is 32.4. The SMILES string of the molecule is C=C(C)CC(OC)[C@H](O)C(=O)N[C@@H](OC)C1C[C@@H](O)C(C)(C)[C@@H](CC(O)C(C)C2Cc3c(C)c(O)cc(O)c3C(=O)O2)O1. The van der Waals surface area contributed by atoms with Gasteiger partial charge in [-0.2, -0.15) is 0 Å². The number of rotatable bonds is 12. The van der Waals surface area contributed by atoms with Crippen LogP contribution in [0.25, 0.3) is 0 Å². The Morgan fingerprint density at radius 1 is 1.19 bits per heavy atom. The van der Waals surface area contributed by atoms with Gasteiger partial charge in [-0.3, -0.25) is 4.79 Å². The molecule has 2 heterocycles. The molecule has 3 rings (SSSR count). The number of aliphatic hydroxyl groups excluding tert-OH is 3. The Hall–Kier alpha value is -2.74. The van der Waals surface area contributed by atoms with Crippen molar-refractivity contribution in [2.24, 2.45) is 11.3 Å². The number of nitrogens with one attached hydrogen (secondary N) is 1. The van der Waals surface area contributed by atoms with Crippen LogP contribution in [0.5, 0.6) is 11.5 Å². The number of esters is 1. The molecule has 2 aliphatic heterocycles. The van der Waals surface area contributed by atoms with Gasteiger partial charge >= 0.3 is 5.97 Å². The Labute approximate surface area is 252 Å². The number of ether oxygens (including phenoxy) is 4. The van der Waals surface area contributed by atoms with E-state index in [4.69, 9.17) is 18.9 Å². The molecule has 9 atom stereocenters. The first kappa shape index (κ1) is 34.7. The van der Waals surface area contributed by atoms with Gasteiger partial charge in [-0.25, -0.2) is 4.79 Å². The Balaban J connectivity index is 1.73. The number of fused-ring (bicyclic) bond motifs is 1. The molecule has 0 aromatic heterocycles. The number of benzene rings is 1. The van der Waals surface area contributed by atoms with Gasteiger partial charge in [0.1, 0.15) is 29.3 Å². The largest absolute Gasteiger partial charge is 0.508 e. The first-order valence-electron chi connectivity index (χ1n) is 14.5. The van der Waals surface area contributed by atoms with Crippen molar-refractivity contribution in [3.63, 3.8) is 0 Å². The van der Waals surface area contributed by atoms with E-state index in [0.29, 0.717) is 11.1 Å². The fourth-order valence-corrected chi connectivity index (χ4v) is 5.80. The third-order valence-corrected chi connectivity index (χ3v) is 9.02. The number of methoxy groups -OCH3 is 2. The van der Waals surface area contributed by atoms with E-state index in [1.54, 1.807) is 20.8 Å². The summed E-state index contributed by atoms with van der Waals surface area (Å²) in [5, 5.41) is 56.0. The number of carbonyl (C=O) groups excluding carboxylic acids is 2. The molecule has 5 unspecified atom stereocenters. The summed E-state index contributed by atoms with van der Waals surface area (Å²) in [4.78, 5) is 25.6. The normalized spacial score (nSPS) is 26.8. The number of hydrogen-bond acceptors (Lipinski definition) is 11. The summed E-state index contributed by atoms with van der Waals surface area (Å²) in [6.45, 7) is 12.6. The van der Waals surface area contributed by atoms with Crippen LogP contribution in [-0.2, 0) is 30.2 Å². The smallest absolute Gasteiger partial charge is 0.342 e. The summed E-state index contributed by atoms with van der Waals surface area (Å²) in [6.07, 6.45) is -6.89. The molecule has 0 radical (unpaired) electrons. The summed E-state index contributed by atoms with van der Waals surface area (Å²) < 4.78 is 22.7. The topological polar surface area (TPSA) is 184 Å². The first-order valence-corrected chi connectivity index (χ1v) is 14.5. The van der Waals surface area contributed by atoms with Crippen LogP contribution >= 0.6 is 0 Å². The molecule has 6 N–H and O–H groups in total. The maximum absolute atomic E-state index is 12.9. The molecule has 0 spiro atoms. The number of aliphatic hydroxyl groups is 3. The fourth-order valence-electron chi connectivity index (χ4n) is 5.80. The van der Waals surface area contributed by atoms with Crippen LogP contribution in [0.1, 0.15) is 68.4 Å². The third-order valence-electron chi connectivity index (χ3n) is 9.02. The molecule has 0 saturated carbocycles. The molecule has 242 valence electrons. The van der Waals surface area contributed by atoms with Crippen molar-refractivity contribution in [2.45, 2.75) is 109 Å². The summed E-state index contributed by atoms with van der Waals surface area (Å²) in [5.74, 6) is -2.57. The maximum atomic E-state index is 12.9. The van der Waals surface area contributed by atoms with E-state index in [2.05, 4.69) is 11.9 Å². The van der Waals surface area contributed by atoms with Gasteiger partial charge in [0.25, 0.3) is 5.91 Å². The summed E-state index contributed by atoms with van der Waals surface area (Å²) >= 11 is 0. The van der Waals surface area contributed by atoms with Crippen molar-refractivity contribution in [3.8, 4) is 11.5 Å². The lowest BCUT2D eigenvalue weighted by molar-refractivity contribution is -0.217. The van der Waals surface area contributed by atoms with E-state index in [1.807, 2.05) is 13.8 Å². The van der Waals surface area contributed by atoms with Crippen LogP contribution in [-0.4, -0.2) is 101 Å². The highest BCUT2D eigenvalue weighted by molar-refractivity contribution is 5.96. The lowest BCUT2D eigenvalue weighted by Gasteiger charge is -2.48. The minimum atomic E-state index is -1.50. The molecule has 12 heteroatoms. The van der Waals surface area contributed by atoms with E-state index in [9.17, 15) is 35.1 Å². The van der Waals surface area contributed by atoms with Crippen molar-refractivity contribution in [2.75, 3.05) is 14.2 Å². The molecule has 1 fully saturated rings. The van der Waals surface area contributed by atoms with Gasteiger partial charge in [-0.05, 0) is 31.4 Å². The van der Waals surface area contributed by atoms with Crippen LogP contribution in [0.2, 0.25) is 0 Å². The van der Waals surface area contributed by atoms with Gasteiger partial charge in [0.15, 0.2) is 12.3 Å². The minimum Gasteiger partial charge on any atom is -0.508 e. The van der Waals surface area contributed by atoms with Crippen molar-refractivity contribution < 1.29 is 54.1 Å². The monoisotopic (exact) mass is 609 g/mol. The molecular weight excluding hydrogens is 562 g/mol. The van der Waals surface area contributed by atoms with Crippen molar-refractivity contribution in [3.05, 3.63) is 34.9 Å². The Bertz CT molecular complexity index is 1180. The van der Waals surface area contributed by atoms with E-state index < -0.39 is 72.2 Å². The van der Waals surface area contributed by atoms with Gasteiger partial charge in [0.2, 0.25) is 0 Å². The molecule has 43 heavy (non-hydrogen) atoms. The number of phenols is 2. The zero-order valence-electron chi connectivity index (χ0n) is 26.0. The van der Waals surface area contributed by atoms with Crippen LogP contribution in [0, 0.1) is 18.3 Å². The number of aromatic hydroxyl groups is 2. The average molecular weight is 610 g/mol. The summed E-state index contributed by atoms with van der Waals surface area (Å²) in [5.41, 5.74) is 0.851. The second-order valence-electron chi connectivity index (χ2n) is 12.5.